The summed E-state index contributed by atoms with van der Waals surface area (Å²) in [7, 11) is 4.43. The first-order valence-electron chi connectivity index (χ1n) is 13.1. The van der Waals surface area contributed by atoms with Crippen molar-refractivity contribution in [3.8, 4) is 23.0 Å². The van der Waals surface area contributed by atoms with Crippen LogP contribution in [0, 0.1) is 20.2 Å². The van der Waals surface area contributed by atoms with Crippen molar-refractivity contribution in [2.45, 2.75) is 20.8 Å². The summed E-state index contributed by atoms with van der Waals surface area (Å²) >= 11 is 0. The quantitative estimate of drug-likeness (QED) is 0.0822. The second-order valence-electron chi connectivity index (χ2n) is 9.08. The molecule has 0 radical (unpaired) electrons. The standard InChI is InChI=1S/C16H19NO6.C15H17NO6/c1-11(2)16(18)23-8-7-22-14-6-5-13(10-15(14)21-4)9-12(3)17(19)20;1-10(2)15(17)22-9-12(16(18)19)7-11-5-6-13(20-3)14(8-11)21-4/h5-6,9-10H,1,7-8H2,2-4H3;5-8H,1,9H2,2-4H3/b12-9+;12-7-. The zero-order valence-corrected chi connectivity index (χ0v) is 25.9. The van der Waals surface area contributed by atoms with Gasteiger partial charge in [-0.25, -0.2) is 9.59 Å². The van der Waals surface area contributed by atoms with Crippen molar-refractivity contribution < 1.29 is 47.9 Å². The zero-order valence-electron chi connectivity index (χ0n) is 25.9. The number of nitrogens with zero attached hydrogens (tertiary/aromatic N) is 2. The molecule has 0 fully saturated rings. The van der Waals surface area contributed by atoms with E-state index in [2.05, 4.69) is 13.2 Å². The van der Waals surface area contributed by atoms with Crippen molar-refractivity contribution in [3.05, 3.63) is 103 Å². The van der Waals surface area contributed by atoms with Crippen LogP contribution in [0.2, 0.25) is 0 Å². The molecule has 0 amide bonds. The number of rotatable bonds is 15. The highest BCUT2D eigenvalue weighted by atomic mass is 16.6. The second kappa shape index (κ2) is 18.8. The number of methoxy groups -OCH3 is 3. The molecule has 0 saturated heterocycles. The minimum atomic E-state index is -0.680. The topological polar surface area (TPSA) is 176 Å². The van der Waals surface area contributed by atoms with Crippen LogP contribution in [-0.2, 0) is 19.1 Å². The van der Waals surface area contributed by atoms with Gasteiger partial charge in [0.25, 0.3) is 5.70 Å². The molecule has 0 heterocycles. The second-order valence-corrected chi connectivity index (χ2v) is 9.08. The first-order chi connectivity index (χ1) is 21.2. The highest BCUT2D eigenvalue weighted by molar-refractivity contribution is 5.87. The summed E-state index contributed by atoms with van der Waals surface area (Å²) in [6, 6.07) is 9.78. The van der Waals surface area contributed by atoms with E-state index in [4.69, 9.17) is 28.4 Å². The maximum absolute atomic E-state index is 11.3. The van der Waals surface area contributed by atoms with E-state index in [-0.39, 0.29) is 30.2 Å². The van der Waals surface area contributed by atoms with Crippen molar-refractivity contribution in [1.29, 1.82) is 0 Å². The number of esters is 2. The van der Waals surface area contributed by atoms with Crippen molar-refractivity contribution in [3.63, 3.8) is 0 Å². The molecule has 2 aromatic rings. The lowest BCUT2D eigenvalue weighted by atomic mass is 10.1. The number of carbonyl (C=O) groups excluding carboxylic acids is 2. The van der Waals surface area contributed by atoms with Crippen molar-refractivity contribution in [2.24, 2.45) is 0 Å². The van der Waals surface area contributed by atoms with Gasteiger partial charge in [0.1, 0.15) is 13.2 Å². The maximum atomic E-state index is 11.3. The molecule has 242 valence electrons. The van der Waals surface area contributed by atoms with Crippen LogP contribution in [0.4, 0.5) is 0 Å². The molecule has 0 aliphatic carbocycles. The molecule has 0 aliphatic heterocycles. The Hall–Kier alpha value is -5.66. The predicted molar refractivity (Wildman–Crippen MR) is 165 cm³/mol. The normalized spacial score (nSPS) is 10.8. The predicted octanol–water partition coefficient (Wildman–Crippen LogP) is 5.27. The summed E-state index contributed by atoms with van der Waals surface area (Å²) in [6.45, 7) is 11.1. The van der Waals surface area contributed by atoms with Gasteiger partial charge in [-0.1, -0.05) is 25.3 Å². The third-order valence-electron chi connectivity index (χ3n) is 5.45. The van der Waals surface area contributed by atoms with E-state index in [1.54, 1.807) is 43.3 Å². The fourth-order valence-corrected chi connectivity index (χ4v) is 3.14. The Morgan fingerprint density at radius 1 is 0.711 bits per heavy atom. The Labute approximate surface area is 260 Å². The average Bonchev–Trinajstić information content (AvgIpc) is 3.01. The maximum Gasteiger partial charge on any atom is 0.333 e. The zero-order chi connectivity index (χ0) is 34.1. The smallest absolute Gasteiger partial charge is 0.333 e. The van der Waals surface area contributed by atoms with Crippen molar-refractivity contribution >= 4 is 24.1 Å². The minimum Gasteiger partial charge on any atom is -0.493 e. The summed E-state index contributed by atoms with van der Waals surface area (Å²) < 4.78 is 30.6. The molecule has 45 heavy (non-hydrogen) atoms. The number of allylic oxidation sites excluding steroid dienone is 1. The van der Waals surface area contributed by atoms with E-state index in [9.17, 15) is 29.8 Å². The van der Waals surface area contributed by atoms with Gasteiger partial charge in [0.2, 0.25) is 5.70 Å². The molecule has 14 nitrogen and oxygen atoms in total. The van der Waals surface area contributed by atoms with E-state index in [0.29, 0.717) is 39.7 Å². The Kier molecular flexibility index (Phi) is 15.6. The van der Waals surface area contributed by atoms with Gasteiger partial charge in [0.05, 0.1) is 31.2 Å². The Morgan fingerprint density at radius 3 is 1.69 bits per heavy atom. The number of benzene rings is 2. The van der Waals surface area contributed by atoms with Gasteiger partial charge in [-0.05, 0) is 49.2 Å². The van der Waals surface area contributed by atoms with Crippen LogP contribution < -0.4 is 18.9 Å². The Morgan fingerprint density at radius 2 is 1.20 bits per heavy atom. The minimum absolute atomic E-state index is 0.0208. The molecule has 2 rings (SSSR count). The highest BCUT2D eigenvalue weighted by Crippen LogP contribution is 2.29. The molecular weight excluding hydrogens is 592 g/mol. The van der Waals surface area contributed by atoms with Crippen molar-refractivity contribution in [2.75, 3.05) is 41.2 Å². The number of nitro groups is 2. The molecular formula is C31H36N2O12. The lowest BCUT2D eigenvalue weighted by molar-refractivity contribution is -0.428. The summed E-state index contributed by atoms with van der Waals surface area (Å²) in [6.07, 6.45) is 2.73. The fraction of sp³-hybridized carbons (Fsp3) is 0.290. The molecule has 0 unspecified atom stereocenters. The van der Waals surface area contributed by atoms with Crippen LogP contribution in [0.5, 0.6) is 23.0 Å². The molecule has 0 spiro atoms. The largest absolute Gasteiger partial charge is 0.493 e. The van der Waals surface area contributed by atoms with Gasteiger partial charge in [-0.2, -0.15) is 0 Å². The lowest BCUT2D eigenvalue weighted by Crippen LogP contribution is -2.12. The molecule has 0 aliphatic rings. The third kappa shape index (κ3) is 13.0. The van der Waals surface area contributed by atoms with E-state index in [1.807, 2.05) is 0 Å². The third-order valence-corrected chi connectivity index (χ3v) is 5.45. The van der Waals surface area contributed by atoms with Gasteiger partial charge in [0.15, 0.2) is 29.6 Å². The Bertz CT molecular complexity index is 1480. The van der Waals surface area contributed by atoms with E-state index < -0.39 is 28.4 Å². The number of carbonyl (C=O) groups is 2. The first kappa shape index (κ1) is 37.4. The summed E-state index contributed by atoms with van der Waals surface area (Å²) in [5.74, 6) is 0.682. The van der Waals surface area contributed by atoms with Crippen LogP contribution in [0.3, 0.4) is 0 Å². The van der Waals surface area contributed by atoms with Crippen LogP contribution in [0.25, 0.3) is 12.2 Å². The number of ether oxygens (including phenoxy) is 6. The molecule has 2 aromatic carbocycles. The van der Waals surface area contributed by atoms with Gasteiger partial charge in [-0.3, -0.25) is 20.2 Å². The van der Waals surface area contributed by atoms with Crippen LogP contribution >= 0.6 is 0 Å². The monoisotopic (exact) mass is 628 g/mol. The SMILES string of the molecule is C=C(C)C(=O)OC/C(=C/c1ccc(OC)c(OC)c1)[N+](=O)[O-].C=C(C)C(=O)OCCOc1ccc(/C=C(\C)[N+](=O)[O-])cc1OC. The summed E-state index contributed by atoms with van der Waals surface area (Å²) in [5.41, 5.74) is 1.40. The number of hydrogen-bond acceptors (Lipinski definition) is 12. The van der Waals surface area contributed by atoms with Gasteiger partial charge in [0, 0.05) is 30.2 Å². The van der Waals surface area contributed by atoms with E-state index in [0.717, 1.165) is 0 Å². The van der Waals surface area contributed by atoms with Gasteiger partial charge < -0.3 is 28.4 Å². The van der Waals surface area contributed by atoms with Gasteiger partial charge >= 0.3 is 11.9 Å². The first-order valence-corrected chi connectivity index (χ1v) is 13.1. The lowest BCUT2D eigenvalue weighted by Gasteiger charge is -2.11. The van der Waals surface area contributed by atoms with Gasteiger partial charge in [-0.15, -0.1) is 0 Å². The van der Waals surface area contributed by atoms with Crippen LogP contribution in [0.15, 0.2) is 72.1 Å². The van der Waals surface area contributed by atoms with Crippen LogP contribution in [-0.4, -0.2) is 62.9 Å². The summed E-state index contributed by atoms with van der Waals surface area (Å²) in [4.78, 5) is 43.1. The summed E-state index contributed by atoms with van der Waals surface area (Å²) in [5, 5.41) is 21.7. The van der Waals surface area contributed by atoms with E-state index >= 15 is 0 Å². The van der Waals surface area contributed by atoms with Crippen molar-refractivity contribution in [1.82, 2.24) is 0 Å². The molecule has 0 N–H and O–H groups in total. The highest BCUT2D eigenvalue weighted by Gasteiger charge is 2.16. The average molecular weight is 629 g/mol. The molecule has 0 bridgehead atoms. The Balaban J connectivity index is 0.000000450. The number of hydrogen-bond donors (Lipinski definition) is 0. The van der Waals surface area contributed by atoms with Crippen LogP contribution in [0.1, 0.15) is 31.9 Å². The molecule has 0 saturated carbocycles. The molecule has 14 heteroatoms. The molecule has 0 aromatic heterocycles. The van der Waals surface area contributed by atoms with E-state index in [1.165, 1.54) is 47.3 Å². The molecule has 0 atom stereocenters. The fourth-order valence-electron chi connectivity index (χ4n) is 3.14.